The van der Waals surface area contributed by atoms with E-state index < -0.39 is 0 Å². The summed E-state index contributed by atoms with van der Waals surface area (Å²) in [5.74, 6) is 6.20. The zero-order valence-corrected chi connectivity index (χ0v) is 13.1. The summed E-state index contributed by atoms with van der Waals surface area (Å²) < 4.78 is 5.46. The van der Waals surface area contributed by atoms with Crippen LogP contribution in [0, 0.1) is 11.8 Å². The average molecular weight is 302 g/mol. The number of hydrogen-bond acceptors (Lipinski definition) is 3. The van der Waals surface area contributed by atoms with Crippen molar-refractivity contribution in [2.24, 2.45) is 0 Å². The van der Waals surface area contributed by atoms with Gasteiger partial charge >= 0.3 is 0 Å². The van der Waals surface area contributed by atoms with E-state index >= 15 is 0 Å². The molecule has 0 atom stereocenters. The van der Waals surface area contributed by atoms with Gasteiger partial charge < -0.3 is 15.4 Å². The lowest BCUT2D eigenvalue weighted by Crippen LogP contribution is -2.23. The third kappa shape index (κ3) is 7.95. The first-order valence-electron chi connectivity index (χ1n) is 7.34. The third-order valence-corrected chi connectivity index (χ3v) is 2.72. The number of benzene rings is 1. The maximum Gasteiger partial charge on any atom is 0.221 e. The van der Waals surface area contributed by atoms with Crippen LogP contribution in [0.5, 0.6) is 5.75 Å². The molecule has 0 aliphatic rings. The van der Waals surface area contributed by atoms with Gasteiger partial charge in [-0.25, -0.2) is 0 Å². The first-order valence-corrected chi connectivity index (χ1v) is 7.34. The number of ether oxygens (including phenoxy) is 1. The van der Waals surface area contributed by atoms with Crippen LogP contribution in [0.2, 0.25) is 0 Å². The van der Waals surface area contributed by atoms with Gasteiger partial charge in [0.1, 0.15) is 12.4 Å². The Hall–Kier alpha value is -2.48. The smallest absolute Gasteiger partial charge is 0.221 e. The van der Waals surface area contributed by atoms with Crippen molar-refractivity contribution in [3.63, 3.8) is 0 Å². The lowest BCUT2D eigenvalue weighted by Gasteiger charge is -2.05. The highest BCUT2D eigenvalue weighted by atomic mass is 16.5. The second-order valence-electron chi connectivity index (χ2n) is 4.73. The third-order valence-electron chi connectivity index (χ3n) is 2.72. The monoisotopic (exact) mass is 302 g/mol. The van der Waals surface area contributed by atoms with Crippen molar-refractivity contribution in [2.45, 2.75) is 33.1 Å². The van der Waals surface area contributed by atoms with E-state index in [-0.39, 0.29) is 18.4 Å². The molecule has 0 fully saturated rings. The number of unbranched alkanes of at least 4 members (excludes halogenated alkanes) is 1. The standard InChI is InChI=1S/C17H22N2O3/c1-3-4-10-17(21)18-11-5-6-12-22-16-9-7-8-15(13-16)19-14(2)20/h7-9,13H,3-4,10-12H2,1-2H3,(H,18,21)(H,19,20). The zero-order valence-electron chi connectivity index (χ0n) is 13.1. The summed E-state index contributed by atoms with van der Waals surface area (Å²) in [5, 5.41) is 5.41. The molecule has 118 valence electrons. The summed E-state index contributed by atoms with van der Waals surface area (Å²) in [6.45, 7) is 4.06. The fraction of sp³-hybridized carbons (Fsp3) is 0.412. The maximum absolute atomic E-state index is 11.3. The van der Waals surface area contributed by atoms with Gasteiger partial charge in [0.25, 0.3) is 0 Å². The first-order chi connectivity index (χ1) is 10.6. The van der Waals surface area contributed by atoms with E-state index in [1.807, 2.05) is 6.92 Å². The van der Waals surface area contributed by atoms with Crippen molar-refractivity contribution >= 4 is 17.5 Å². The van der Waals surface area contributed by atoms with E-state index in [0.717, 1.165) is 12.8 Å². The van der Waals surface area contributed by atoms with E-state index in [2.05, 4.69) is 22.5 Å². The van der Waals surface area contributed by atoms with Gasteiger partial charge in [0.05, 0.1) is 6.54 Å². The Balaban J connectivity index is 2.28. The van der Waals surface area contributed by atoms with E-state index in [0.29, 0.717) is 24.4 Å². The zero-order chi connectivity index (χ0) is 16.2. The van der Waals surface area contributed by atoms with E-state index in [1.54, 1.807) is 24.3 Å². The Morgan fingerprint density at radius 2 is 2.09 bits per heavy atom. The minimum atomic E-state index is -0.129. The van der Waals surface area contributed by atoms with Gasteiger partial charge in [0, 0.05) is 25.1 Å². The summed E-state index contributed by atoms with van der Waals surface area (Å²) in [7, 11) is 0. The van der Waals surface area contributed by atoms with E-state index in [1.165, 1.54) is 6.92 Å². The van der Waals surface area contributed by atoms with E-state index in [4.69, 9.17) is 4.74 Å². The van der Waals surface area contributed by atoms with Crippen LogP contribution in [0.4, 0.5) is 5.69 Å². The molecule has 1 rings (SSSR count). The maximum atomic E-state index is 11.3. The van der Waals surface area contributed by atoms with Crippen LogP contribution in [-0.2, 0) is 9.59 Å². The van der Waals surface area contributed by atoms with Crippen molar-refractivity contribution in [1.29, 1.82) is 0 Å². The van der Waals surface area contributed by atoms with E-state index in [9.17, 15) is 9.59 Å². The molecular weight excluding hydrogens is 280 g/mol. The van der Waals surface area contributed by atoms with Gasteiger partial charge in [0.2, 0.25) is 11.8 Å². The lowest BCUT2D eigenvalue weighted by molar-refractivity contribution is -0.121. The molecule has 0 bridgehead atoms. The number of anilines is 1. The molecule has 22 heavy (non-hydrogen) atoms. The molecule has 5 nitrogen and oxygen atoms in total. The molecule has 0 aliphatic heterocycles. The molecule has 0 aliphatic carbocycles. The minimum Gasteiger partial charge on any atom is -0.481 e. The molecule has 0 saturated carbocycles. The number of carbonyl (C=O) groups excluding carboxylic acids is 2. The second-order valence-corrected chi connectivity index (χ2v) is 4.73. The molecule has 0 saturated heterocycles. The van der Waals surface area contributed by atoms with Gasteiger partial charge in [-0.15, -0.1) is 0 Å². The molecule has 0 radical (unpaired) electrons. The van der Waals surface area contributed by atoms with Crippen molar-refractivity contribution in [2.75, 3.05) is 18.5 Å². The van der Waals surface area contributed by atoms with Crippen molar-refractivity contribution in [3.8, 4) is 17.6 Å². The highest BCUT2D eigenvalue weighted by Gasteiger charge is 1.98. The largest absolute Gasteiger partial charge is 0.481 e. The Morgan fingerprint density at radius 3 is 2.82 bits per heavy atom. The van der Waals surface area contributed by atoms with Gasteiger partial charge in [-0.2, -0.15) is 0 Å². The van der Waals surface area contributed by atoms with Crippen LogP contribution in [0.15, 0.2) is 24.3 Å². The first kappa shape index (κ1) is 17.6. The quantitative estimate of drug-likeness (QED) is 0.760. The topological polar surface area (TPSA) is 67.4 Å². The lowest BCUT2D eigenvalue weighted by atomic mass is 10.2. The molecule has 1 aromatic rings. The number of amides is 2. The predicted molar refractivity (Wildman–Crippen MR) is 86.6 cm³/mol. The van der Waals surface area contributed by atoms with Crippen molar-refractivity contribution in [3.05, 3.63) is 24.3 Å². The molecular formula is C17H22N2O3. The fourth-order valence-corrected chi connectivity index (χ4v) is 1.67. The predicted octanol–water partition coefficient (Wildman–Crippen LogP) is 2.33. The molecule has 0 unspecified atom stereocenters. The average Bonchev–Trinajstić information content (AvgIpc) is 2.48. The molecule has 1 aromatic carbocycles. The molecule has 0 heterocycles. The van der Waals surface area contributed by atoms with Crippen LogP contribution in [0.25, 0.3) is 0 Å². The highest BCUT2D eigenvalue weighted by molar-refractivity contribution is 5.88. The normalized spacial score (nSPS) is 9.36. The summed E-state index contributed by atoms with van der Waals surface area (Å²) in [4.78, 5) is 22.3. The summed E-state index contributed by atoms with van der Waals surface area (Å²) in [6, 6.07) is 7.10. The molecule has 2 amide bonds. The number of carbonyl (C=O) groups is 2. The SMILES string of the molecule is CCCCC(=O)NCC#CCOc1cccc(NC(C)=O)c1. The summed E-state index contributed by atoms with van der Waals surface area (Å²) in [6.07, 6.45) is 2.45. The van der Waals surface area contributed by atoms with Crippen LogP contribution in [0.3, 0.4) is 0 Å². The Bertz CT molecular complexity index is 559. The number of hydrogen-bond donors (Lipinski definition) is 2. The molecule has 5 heteroatoms. The molecule has 2 N–H and O–H groups in total. The van der Waals surface area contributed by atoms with Gasteiger partial charge in [0.15, 0.2) is 0 Å². The van der Waals surface area contributed by atoms with Crippen LogP contribution < -0.4 is 15.4 Å². The summed E-state index contributed by atoms with van der Waals surface area (Å²) in [5.41, 5.74) is 0.682. The molecule has 0 aromatic heterocycles. The van der Waals surface area contributed by atoms with Crippen LogP contribution in [0.1, 0.15) is 33.1 Å². The van der Waals surface area contributed by atoms with Gasteiger partial charge in [-0.05, 0) is 18.6 Å². The second kappa shape index (κ2) is 10.3. The number of nitrogens with one attached hydrogen (secondary N) is 2. The highest BCUT2D eigenvalue weighted by Crippen LogP contribution is 2.16. The van der Waals surface area contributed by atoms with Gasteiger partial charge in [-0.3, -0.25) is 9.59 Å². The molecule has 0 spiro atoms. The van der Waals surface area contributed by atoms with Crippen molar-refractivity contribution in [1.82, 2.24) is 5.32 Å². The van der Waals surface area contributed by atoms with Crippen LogP contribution >= 0.6 is 0 Å². The fourth-order valence-electron chi connectivity index (χ4n) is 1.67. The van der Waals surface area contributed by atoms with Crippen LogP contribution in [-0.4, -0.2) is 25.0 Å². The minimum absolute atomic E-state index is 0.0278. The summed E-state index contributed by atoms with van der Waals surface area (Å²) >= 11 is 0. The Labute approximate surface area is 131 Å². The van der Waals surface area contributed by atoms with Crippen molar-refractivity contribution < 1.29 is 14.3 Å². The Kier molecular flexibility index (Phi) is 8.21. The Morgan fingerprint density at radius 1 is 1.27 bits per heavy atom. The number of rotatable bonds is 7. The van der Waals surface area contributed by atoms with Gasteiger partial charge in [-0.1, -0.05) is 31.3 Å².